The van der Waals surface area contributed by atoms with Gasteiger partial charge < -0.3 is 9.72 Å². The topological polar surface area (TPSA) is 45.3 Å². The molecule has 2 heterocycles. The third-order valence-electron chi connectivity index (χ3n) is 5.27. The van der Waals surface area contributed by atoms with Crippen LogP contribution < -0.4 is 15.3 Å². The molecule has 0 saturated heterocycles. The molecule has 1 aliphatic rings. The highest BCUT2D eigenvalue weighted by Gasteiger charge is 2.35. The number of rotatable bonds is 3. The van der Waals surface area contributed by atoms with E-state index in [4.69, 9.17) is 4.74 Å². The van der Waals surface area contributed by atoms with Gasteiger partial charge in [0.2, 0.25) is 0 Å². The molecule has 0 unspecified atom stereocenters. The summed E-state index contributed by atoms with van der Waals surface area (Å²) in [6, 6.07) is 19.0. The van der Waals surface area contributed by atoms with Gasteiger partial charge in [-0.25, -0.2) is 4.79 Å². The average molecular weight is 384 g/mol. The van der Waals surface area contributed by atoms with E-state index in [1.54, 1.807) is 23.1 Å². The van der Waals surface area contributed by atoms with E-state index >= 15 is 0 Å². The number of H-pyrrole nitrogens is 1. The average Bonchev–Trinajstić information content (AvgIpc) is 3.11. The highest BCUT2D eigenvalue weighted by atomic mass is 16.6. The molecule has 0 aliphatic carbocycles. The van der Waals surface area contributed by atoms with Crippen molar-refractivity contribution in [2.24, 2.45) is 0 Å². The van der Waals surface area contributed by atoms with Gasteiger partial charge in [0.05, 0.1) is 0 Å². The van der Waals surface area contributed by atoms with Crippen molar-refractivity contribution in [3.05, 3.63) is 101 Å². The van der Waals surface area contributed by atoms with E-state index in [0.29, 0.717) is 12.3 Å². The van der Waals surface area contributed by atoms with Crippen LogP contribution in [0.5, 0.6) is 5.75 Å². The maximum atomic E-state index is 13.1. The number of fused-ring (bicyclic) bond motifs is 1. The van der Waals surface area contributed by atoms with Crippen LogP contribution in [0.15, 0.2) is 73.3 Å². The fraction of sp³-hybridized carbons (Fsp3) is 0.160. The first-order valence-corrected chi connectivity index (χ1v) is 9.81. The maximum absolute atomic E-state index is 13.1. The van der Waals surface area contributed by atoms with E-state index in [1.807, 2.05) is 49.4 Å². The van der Waals surface area contributed by atoms with E-state index in [1.165, 1.54) is 10.8 Å². The molecule has 4 heteroatoms. The second-order valence-corrected chi connectivity index (χ2v) is 6.97. The van der Waals surface area contributed by atoms with Crippen molar-refractivity contribution in [3.8, 4) is 5.75 Å². The number of benzene rings is 2. The van der Waals surface area contributed by atoms with Crippen LogP contribution in [0, 0.1) is 0 Å². The van der Waals surface area contributed by atoms with E-state index in [9.17, 15) is 4.79 Å². The number of hydrogen-bond acceptors (Lipinski definition) is 2. The summed E-state index contributed by atoms with van der Waals surface area (Å²) < 4.78 is 5.67. The van der Waals surface area contributed by atoms with Gasteiger partial charge >= 0.3 is 6.09 Å². The van der Waals surface area contributed by atoms with Gasteiger partial charge in [0.25, 0.3) is 0 Å². The molecule has 1 N–H and O–H groups in total. The highest BCUT2D eigenvalue weighted by molar-refractivity contribution is 5.72. The molecular formula is C25H24N2O2. The van der Waals surface area contributed by atoms with Gasteiger partial charge in [0.15, 0.2) is 0 Å². The number of aromatic amines is 1. The summed E-state index contributed by atoms with van der Waals surface area (Å²) in [6.07, 6.45) is 6.29. The molecule has 4 nitrogen and oxygen atoms in total. The lowest BCUT2D eigenvalue weighted by Crippen LogP contribution is -2.43. The Hall–Kier alpha value is -3.53. The van der Waals surface area contributed by atoms with Crippen LogP contribution in [-0.4, -0.2) is 22.5 Å². The van der Waals surface area contributed by atoms with E-state index < -0.39 is 0 Å². The third kappa shape index (κ3) is 3.61. The molecule has 1 aliphatic heterocycles. The molecule has 2 aromatic carbocycles. The molecule has 146 valence electrons. The summed E-state index contributed by atoms with van der Waals surface area (Å²) in [6.45, 7) is 6.46. The Kier molecular flexibility index (Phi) is 5.34. The van der Waals surface area contributed by atoms with Gasteiger partial charge in [-0.3, -0.25) is 4.90 Å². The standard InChI is InChI=1S/C25H24N2O2/c1-3-11-22-20(4-2)21-16-17-27(25(28)29-19-14-9-6-10-15-19)24(23(21)26-22)18-12-7-5-8-13-18/h3-15,24,26H,1,16-17H2,2H3/b20-4-,22-11+/t24-/m0/s1. The molecule has 0 radical (unpaired) electrons. The Morgan fingerprint density at radius 2 is 1.83 bits per heavy atom. The molecule has 0 fully saturated rings. The molecular weight excluding hydrogens is 360 g/mol. The second-order valence-electron chi connectivity index (χ2n) is 6.97. The predicted octanol–water partition coefficient (Wildman–Crippen LogP) is 3.93. The van der Waals surface area contributed by atoms with Crippen molar-refractivity contribution in [1.29, 1.82) is 0 Å². The lowest BCUT2D eigenvalue weighted by molar-refractivity contribution is 0.135. The molecule has 29 heavy (non-hydrogen) atoms. The minimum absolute atomic E-state index is 0.234. The summed E-state index contributed by atoms with van der Waals surface area (Å²) in [5.74, 6) is 0.546. The van der Waals surface area contributed by atoms with E-state index in [0.717, 1.165) is 23.0 Å². The molecule has 1 aromatic heterocycles. The number of nitrogens with one attached hydrogen (secondary N) is 1. The number of hydrogen-bond donors (Lipinski definition) is 1. The largest absolute Gasteiger partial charge is 0.416 e. The molecule has 1 atom stereocenters. The van der Waals surface area contributed by atoms with Crippen LogP contribution in [0.3, 0.4) is 0 Å². The minimum Gasteiger partial charge on any atom is -0.410 e. The number of nitrogens with zero attached hydrogens (tertiary/aromatic N) is 1. The SMILES string of the molecule is C=C/C=c1/[nH]c2c(/c1=C/C)CCN(C(=O)Oc1ccccc1)[C@H]2c1ccccc1. The zero-order valence-electron chi connectivity index (χ0n) is 16.5. The van der Waals surface area contributed by atoms with Gasteiger partial charge in [-0.2, -0.15) is 0 Å². The van der Waals surface area contributed by atoms with Crippen molar-refractivity contribution in [2.45, 2.75) is 19.4 Å². The fourth-order valence-electron chi connectivity index (χ4n) is 4.02. The summed E-state index contributed by atoms with van der Waals surface area (Å²) in [5, 5.41) is 2.20. The van der Waals surface area contributed by atoms with Crippen molar-refractivity contribution >= 4 is 18.2 Å². The van der Waals surface area contributed by atoms with Crippen LogP contribution in [0.1, 0.15) is 29.8 Å². The quantitative estimate of drug-likeness (QED) is 0.744. The maximum Gasteiger partial charge on any atom is 0.416 e. The first-order valence-electron chi connectivity index (χ1n) is 9.81. The van der Waals surface area contributed by atoms with E-state index in [2.05, 4.69) is 29.8 Å². The minimum atomic E-state index is -0.346. The number of para-hydroxylation sites is 1. The number of carbonyl (C=O) groups excluding carboxylic acids is 1. The molecule has 0 saturated carbocycles. The number of amides is 1. The summed E-state index contributed by atoms with van der Waals surface area (Å²) in [5.41, 5.74) is 3.33. The van der Waals surface area contributed by atoms with Gasteiger partial charge in [-0.1, -0.05) is 67.3 Å². The number of ether oxygens (including phenoxy) is 1. The Morgan fingerprint density at radius 1 is 1.14 bits per heavy atom. The lowest BCUT2D eigenvalue weighted by atomic mass is 9.93. The Balaban J connectivity index is 1.81. The van der Waals surface area contributed by atoms with Gasteiger partial charge in [0.1, 0.15) is 11.8 Å². The second kappa shape index (κ2) is 8.23. The normalized spacial score (nSPS) is 17.1. The first kappa shape index (κ1) is 18.8. The summed E-state index contributed by atoms with van der Waals surface area (Å²) in [7, 11) is 0. The zero-order valence-corrected chi connectivity index (χ0v) is 16.5. The highest BCUT2D eigenvalue weighted by Crippen LogP contribution is 2.33. The van der Waals surface area contributed by atoms with Crippen molar-refractivity contribution in [2.75, 3.05) is 6.54 Å². The van der Waals surface area contributed by atoms with Gasteiger partial charge in [-0.05, 0) is 47.9 Å². The fourth-order valence-corrected chi connectivity index (χ4v) is 4.02. The molecule has 1 amide bonds. The molecule has 0 spiro atoms. The monoisotopic (exact) mass is 384 g/mol. The van der Waals surface area contributed by atoms with Crippen molar-refractivity contribution in [1.82, 2.24) is 9.88 Å². The van der Waals surface area contributed by atoms with Crippen LogP contribution in [0.25, 0.3) is 12.2 Å². The third-order valence-corrected chi connectivity index (χ3v) is 5.27. The first-order chi connectivity index (χ1) is 14.2. The van der Waals surface area contributed by atoms with Crippen LogP contribution in [0.4, 0.5) is 4.79 Å². The van der Waals surface area contributed by atoms with Gasteiger partial charge in [0, 0.05) is 17.6 Å². The summed E-state index contributed by atoms with van der Waals surface area (Å²) >= 11 is 0. The molecule has 4 rings (SSSR count). The van der Waals surface area contributed by atoms with Gasteiger partial charge in [-0.15, -0.1) is 0 Å². The number of allylic oxidation sites excluding steroid dienone is 1. The van der Waals surface area contributed by atoms with Crippen LogP contribution in [0.2, 0.25) is 0 Å². The van der Waals surface area contributed by atoms with Crippen LogP contribution in [-0.2, 0) is 6.42 Å². The zero-order chi connectivity index (χ0) is 20.2. The van der Waals surface area contributed by atoms with Crippen LogP contribution >= 0.6 is 0 Å². The molecule has 3 aromatic rings. The summed E-state index contributed by atoms with van der Waals surface area (Å²) in [4.78, 5) is 18.5. The predicted molar refractivity (Wildman–Crippen MR) is 116 cm³/mol. The van der Waals surface area contributed by atoms with Crippen molar-refractivity contribution in [3.63, 3.8) is 0 Å². The number of aromatic nitrogens is 1. The molecule has 0 bridgehead atoms. The Morgan fingerprint density at radius 3 is 2.48 bits per heavy atom. The Bertz CT molecular complexity index is 1130. The Labute approximate surface area is 170 Å². The van der Waals surface area contributed by atoms with E-state index in [-0.39, 0.29) is 12.1 Å². The smallest absolute Gasteiger partial charge is 0.410 e. The van der Waals surface area contributed by atoms with Crippen molar-refractivity contribution < 1.29 is 9.53 Å². The lowest BCUT2D eigenvalue weighted by Gasteiger charge is -2.35. The number of carbonyl (C=O) groups is 1.